The van der Waals surface area contributed by atoms with Gasteiger partial charge in [-0.3, -0.25) is 9.35 Å². The average Bonchev–Trinajstić information content (AvgIpc) is 3.17. The number of aliphatic hydroxyl groups excluding tert-OH is 1. The van der Waals surface area contributed by atoms with Gasteiger partial charge in [-0.1, -0.05) is 32.0 Å². The molecule has 1 atom stereocenters. The number of aromatic hydroxyl groups is 1. The molecular formula is C25H32N2O6S. The molecule has 0 fully saturated rings. The number of aromatic amines is 1. The summed E-state index contributed by atoms with van der Waals surface area (Å²) in [7, 11) is -3.67. The van der Waals surface area contributed by atoms with Crippen LogP contribution in [-0.2, 0) is 35.8 Å². The van der Waals surface area contributed by atoms with Gasteiger partial charge < -0.3 is 20.5 Å². The first-order valence-electron chi connectivity index (χ1n) is 11.3. The molecule has 1 aromatic heterocycles. The maximum atomic E-state index is 11.6. The van der Waals surface area contributed by atoms with Gasteiger partial charge in [0, 0.05) is 24.0 Å². The molecule has 3 aromatic rings. The van der Waals surface area contributed by atoms with E-state index in [1.807, 2.05) is 0 Å². The van der Waals surface area contributed by atoms with Gasteiger partial charge >= 0.3 is 0 Å². The zero-order chi connectivity index (χ0) is 25.0. The molecule has 184 valence electrons. The molecular weight excluding hydrogens is 456 g/mol. The lowest BCUT2D eigenvalue weighted by Gasteiger charge is -2.18. The predicted octanol–water partition coefficient (Wildman–Crippen LogP) is 2.65. The van der Waals surface area contributed by atoms with Crippen LogP contribution in [0.15, 0.2) is 41.2 Å². The van der Waals surface area contributed by atoms with Crippen molar-refractivity contribution in [3.05, 3.63) is 74.6 Å². The molecule has 0 saturated carbocycles. The fraction of sp³-hybridized carbons (Fsp3) is 0.400. The molecule has 1 aliphatic carbocycles. The van der Waals surface area contributed by atoms with Gasteiger partial charge in [-0.25, -0.2) is 0 Å². The summed E-state index contributed by atoms with van der Waals surface area (Å²) in [5, 5.41) is 25.0. The predicted molar refractivity (Wildman–Crippen MR) is 133 cm³/mol. The number of benzene rings is 2. The number of phenols is 1. The Balaban J connectivity index is 0.000000588. The topological polar surface area (TPSA) is 140 Å². The van der Waals surface area contributed by atoms with Crippen LogP contribution < -0.4 is 10.9 Å². The minimum atomic E-state index is -3.67. The number of hydrogen-bond donors (Lipinski definition) is 5. The van der Waals surface area contributed by atoms with Crippen molar-refractivity contribution in [2.75, 3.05) is 12.8 Å². The minimum Gasteiger partial charge on any atom is -0.506 e. The Hall–Kier alpha value is -2.72. The van der Waals surface area contributed by atoms with Crippen LogP contribution >= 0.6 is 0 Å². The van der Waals surface area contributed by atoms with Crippen molar-refractivity contribution in [2.45, 2.75) is 51.7 Å². The lowest BCUT2D eigenvalue weighted by Crippen LogP contribution is -2.33. The van der Waals surface area contributed by atoms with E-state index in [-0.39, 0.29) is 11.3 Å². The summed E-state index contributed by atoms with van der Waals surface area (Å²) >= 11 is 0. The molecule has 0 amide bonds. The summed E-state index contributed by atoms with van der Waals surface area (Å²) in [6.07, 6.45) is 4.05. The van der Waals surface area contributed by atoms with Crippen molar-refractivity contribution in [1.29, 1.82) is 0 Å². The van der Waals surface area contributed by atoms with Crippen LogP contribution in [0.4, 0.5) is 0 Å². The summed E-state index contributed by atoms with van der Waals surface area (Å²) < 4.78 is 25.9. The van der Waals surface area contributed by atoms with Crippen LogP contribution in [0.3, 0.4) is 0 Å². The Labute approximate surface area is 199 Å². The lowest BCUT2D eigenvalue weighted by molar-refractivity contribution is 0.171. The van der Waals surface area contributed by atoms with Gasteiger partial charge in [0.15, 0.2) is 0 Å². The van der Waals surface area contributed by atoms with E-state index in [2.05, 4.69) is 36.3 Å². The second-order valence-electron chi connectivity index (χ2n) is 8.64. The summed E-state index contributed by atoms with van der Waals surface area (Å²) in [5.41, 5.74) is 6.49. The number of aryl methyl sites for hydroxylation is 2. The molecule has 1 aliphatic rings. The van der Waals surface area contributed by atoms with Gasteiger partial charge in [-0.2, -0.15) is 8.42 Å². The number of aliphatic hydroxyl groups is 1. The van der Waals surface area contributed by atoms with Crippen molar-refractivity contribution in [2.24, 2.45) is 0 Å². The van der Waals surface area contributed by atoms with Crippen LogP contribution in [0, 0.1) is 0 Å². The highest BCUT2D eigenvalue weighted by Crippen LogP contribution is 2.30. The van der Waals surface area contributed by atoms with Crippen LogP contribution in [0.25, 0.3) is 10.9 Å². The van der Waals surface area contributed by atoms with Crippen LogP contribution in [-0.4, -0.2) is 47.0 Å². The highest BCUT2D eigenvalue weighted by atomic mass is 32.2. The van der Waals surface area contributed by atoms with Crippen molar-refractivity contribution < 1.29 is 23.2 Å². The fourth-order valence-electron chi connectivity index (χ4n) is 4.51. The highest BCUT2D eigenvalue weighted by Gasteiger charge is 2.24. The third kappa shape index (κ3) is 6.44. The maximum absolute atomic E-state index is 11.6. The zero-order valence-corrected chi connectivity index (χ0v) is 20.4. The first kappa shape index (κ1) is 25.9. The van der Waals surface area contributed by atoms with Crippen LogP contribution in [0.2, 0.25) is 0 Å². The van der Waals surface area contributed by atoms with Gasteiger partial charge in [0.05, 0.1) is 17.9 Å². The van der Waals surface area contributed by atoms with Crippen LogP contribution in [0.5, 0.6) is 5.75 Å². The van der Waals surface area contributed by atoms with E-state index >= 15 is 0 Å². The zero-order valence-electron chi connectivity index (χ0n) is 19.6. The second kappa shape index (κ2) is 10.7. The third-order valence-corrected chi connectivity index (χ3v) is 6.08. The van der Waals surface area contributed by atoms with Crippen molar-refractivity contribution in [1.82, 2.24) is 10.3 Å². The first-order valence-corrected chi connectivity index (χ1v) is 13.2. The van der Waals surface area contributed by atoms with Crippen LogP contribution in [0.1, 0.15) is 47.8 Å². The SMILES string of the molecule is CCc1cc2c(cc1CC)CC(NC[C@H](O)c1ccc(O)c3[nH]c(=O)ccc13)C2.CS(=O)(=O)O. The number of phenolic OH excluding ortho intramolecular Hbond substituents is 1. The van der Waals surface area contributed by atoms with Crippen molar-refractivity contribution in [3.8, 4) is 5.75 Å². The smallest absolute Gasteiger partial charge is 0.261 e. The molecule has 0 aliphatic heterocycles. The maximum Gasteiger partial charge on any atom is 0.261 e. The van der Waals surface area contributed by atoms with Gasteiger partial charge in [-0.05, 0) is 65.6 Å². The van der Waals surface area contributed by atoms with Gasteiger partial charge in [-0.15, -0.1) is 0 Å². The normalized spacial score (nSPS) is 14.5. The monoisotopic (exact) mass is 488 g/mol. The summed E-state index contributed by atoms with van der Waals surface area (Å²) in [5.74, 6) is 0.00584. The first-order chi connectivity index (χ1) is 16.0. The van der Waals surface area contributed by atoms with Gasteiger partial charge in [0.1, 0.15) is 5.75 Å². The molecule has 0 bridgehead atoms. The summed E-state index contributed by atoms with van der Waals surface area (Å²) in [4.78, 5) is 14.2. The third-order valence-electron chi connectivity index (χ3n) is 6.08. The number of fused-ring (bicyclic) bond motifs is 2. The number of aromatic nitrogens is 1. The molecule has 1 heterocycles. The fourth-order valence-corrected chi connectivity index (χ4v) is 4.51. The second-order valence-corrected chi connectivity index (χ2v) is 10.1. The van der Waals surface area contributed by atoms with E-state index in [9.17, 15) is 23.4 Å². The molecule has 0 unspecified atom stereocenters. The molecule has 4 rings (SSSR count). The minimum absolute atomic E-state index is 0.00584. The number of H-pyrrole nitrogens is 1. The quantitative estimate of drug-likeness (QED) is 0.336. The van der Waals surface area contributed by atoms with Crippen molar-refractivity contribution >= 4 is 21.0 Å². The molecule has 0 radical (unpaired) electrons. The van der Waals surface area contributed by atoms with E-state index in [0.29, 0.717) is 35.3 Å². The Bertz CT molecular complexity index is 1290. The van der Waals surface area contributed by atoms with E-state index in [0.717, 1.165) is 25.7 Å². The molecule has 0 spiro atoms. The van der Waals surface area contributed by atoms with E-state index in [4.69, 9.17) is 4.55 Å². The Morgan fingerprint density at radius 2 is 1.62 bits per heavy atom. The highest BCUT2D eigenvalue weighted by molar-refractivity contribution is 7.85. The Kier molecular flexibility index (Phi) is 8.14. The number of hydrogen-bond acceptors (Lipinski definition) is 6. The van der Waals surface area contributed by atoms with E-state index in [1.54, 1.807) is 12.1 Å². The Morgan fingerprint density at radius 1 is 1.06 bits per heavy atom. The molecule has 0 saturated heterocycles. The molecule has 2 aromatic carbocycles. The molecule has 5 N–H and O–H groups in total. The summed E-state index contributed by atoms with van der Waals surface area (Å²) in [6, 6.07) is 11.3. The molecule has 34 heavy (non-hydrogen) atoms. The number of rotatable bonds is 6. The average molecular weight is 489 g/mol. The van der Waals surface area contributed by atoms with Crippen molar-refractivity contribution in [3.63, 3.8) is 0 Å². The Morgan fingerprint density at radius 3 is 2.15 bits per heavy atom. The number of pyridine rings is 1. The van der Waals surface area contributed by atoms with Gasteiger partial charge in [0.25, 0.3) is 10.1 Å². The summed E-state index contributed by atoms with van der Waals surface area (Å²) in [6.45, 7) is 4.83. The van der Waals surface area contributed by atoms with Gasteiger partial charge in [0.2, 0.25) is 5.56 Å². The van der Waals surface area contributed by atoms with E-state index in [1.165, 1.54) is 34.4 Å². The molecule has 8 nitrogen and oxygen atoms in total. The lowest BCUT2D eigenvalue weighted by atomic mass is 9.97. The largest absolute Gasteiger partial charge is 0.506 e. The molecule has 9 heteroatoms. The van der Waals surface area contributed by atoms with E-state index < -0.39 is 16.2 Å². The standard InChI is InChI=1S/C24H28N2O3.CH4O3S/c1-3-14-9-16-11-18(12-17(16)10-15(14)4-2)25-13-22(28)19-5-7-21(27)24-20(19)6-8-23(29)26-24;1-5(2,3)4/h5-10,18,22,25,27-28H,3-4,11-13H2,1-2H3,(H,26,29);1H3,(H,2,3,4)/t22-;/m0./s1. The number of nitrogens with one attached hydrogen (secondary N) is 2.